The van der Waals surface area contributed by atoms with Crippen LogP contribution in [0.5, 0.6) is 5.75 Å². The summed E-state index contributed by atoms with van der Waals surface area (Å²) in [7, 11) is 0. The minimum atomic E-state index is -0.0116. The molecule has 0 bridgehead atoms. The van der Waals surface area contributed by atoms with Gasteiger partial charge in [0.25, 0.3) is 5.91 Å². The van der Waals surface area contributed by atoms with E-state index in [4.69, 9.17) is 4.74 Å². The first kappa shape index (κ1) is 15.4. The molecule has 1 aliphatic heterocycles. The van der Waals surface area contributed by atoms with Crippen molar-refractivity contribution in [1.29, 1.82) is 0 Å². The minimum Gasteiger partial charge on any atom is -0.484 e. The zero-order chi connectivity index (χ0) is 15.2. The molecule has 0 radical (unpaired) electrons. The van der Waals surface area contributed by atoms with Gasteiger partial charge in [0.2, 0.25) is 5.91 Å². The largest absolute Gasteiger partial charge is 0.484 e. The Balaban J connectivity index is 1.74. The maximum Gasteiger partial charge on any atom is 0.260 e. The monoisotopic (exact) mass is 290 g/mol. The first-order valence-electron chi connectivity index (χ1n) is 7.29. The van der Waals surface area contributed by atoms with Crippen molar-refractivity contribution in [3.8, 4) is 5.75 Å². The van der Waals surface area contributed by atoms with Crippen LogP contribution in [0, 0.1) is 6.92 Å². The van der Waals surface area contributed by atoms with Crippen LogP contribution in [-0.2, 0) is 9.59 Å². The van der Waals surface area contributed by atoms with Crippen molar-refractivity contribution in [1.82, 2.24) is 10.2 Å². The molecule has 5 heteroatoms. The number of piperidine rings is 1. The molecule has 0 aromatic heterocycles. The fraction of sp³-hybridized carbons (Fsp3) is 0.500. The Bertz CT molecular complexity index is 491. The predicted octanol–water partition coefficient (Wildman–Crippen LogP) is 1.50. The second-order valence-electron chi connectivity index (χ2n) is 5.46. The molecule has 0 atom stereocenters. The van der Waals surface area contributed by atoms with Crippen molar-refractivity contribution in [3.63, 3.8) is 0 Å². The number of likely N-dealkylation sites (tertiary alicyclic amines) is 1. The Morgan fingerprint density at radius 1 is 1.24 bits per heavy atom. The lowest BCUT2D eigenvalue weighted by atomic mass is 10.1. The van der Waals surface area contributed by atoms with E-state index in [2.05, 4.69) is 5.32 Å². The molecule has 0 aliphatic carbocycles. The molecule has 0 saturated carbocycles. The van der Waals surface area contributed by atoms with E-state index in [9.17, 15) is 9.59 Å². The van der Waals surface area contributed by atoms with E-state index in [-0.39, 0.29) is 24.5 Å². The van der Waals surface area contributed by atoms with Crippen molar-refractivity contribution < 1.29 is 14.3 Å². The van der Waals surface area contributed by atoms with Crippen molar-refractivity contribution in [3.05, 3.63) is 29.8 Å². The van der Waals surface area contributed by atoms with Crippen molar-refractivity contribution in [2.75, 3.05) is 19.7 Å². The summed E-state index contributed by atoms with van der Waals surface area (Å²) in [5.74, 6) is 0.696. The third kappa shape index (κ3) is 4.77. The summed E-state index contributed by atoms with van der Waals surface area (Å²) in [6.07, 6.45) is 1.60. The van der Waals surface area contributed by atoms with Gasteiger partial charge in [0.1, 0.15) is 5.75 Å². The van der Waals surface area contributed by atoms with Gasteiger partial charge in [-0.15, -0.1) is 0 Å². The first-order valence-corrected chi connectivity index (χ1v) is 7.29. The molecule has 2 rings (SSSR count). The summed E-state index contributed by atoms with van der Waals surface area (Å²) in [6.45, 7) is 4.93. The molecule has 5 nitrogen and oxygen atoms in total. The molecule has 1 aliphatic rings. The molecule has 1 saturated heterocycles. The van der Waals surface area contributed by atoms with Gasteiger partial charge in [0.15, 0.2) is 6.61 Å². The van der Waals surface area contributed by atoms with Gasteiger partial charge in [-0.25, -0.2) is 0 Å². The fourth-order valence-electron chi connectivity index (χ4n) is 2.43. The van der Waals surface area contributed by atoms with E-state index in [1.54, 1.807) is 4.90 Å². The average Bonchev–Trinajstić information content (AvgIpc) is 2.46. The van der Waals surface area contributed by atoms with E-state index in [0.717, 1.165) is 18.4 Å². The third-order valence-electron chi connectivity index (χ3n) is 3.64. The third-order valence-corrected chi connectivity index (χ3v) is 3.64. The first-order chi connectivity index (χ1) is 10.0. The molecule has 1 N–H and O–H groups in total. The van der Waals surface area contributed by atoms with Gasteiger partial charge in [-0.1, -0.05) is 17.7 Å². The van der Waals surface area contributed by atoms with E-state index in [1.807, 2.05) is 31.2 Å². The van der Waals surface area contributed by atoms with Crippen LogP contribution in [0.25, 0.3) is 0 Å². The lowest BCUT2D eigenvalue weighted by molar-refractivity contribution is -0.134. The number of nitrogens with one attached hydrogen (secondary N) is 1. The maximum atomic E-state index is 12.1. The quantitative estimate of drug-likeness (QED) is 0.914. The summed E-state index contributed by atoms with van der Waals surface area (Å²) in [6, 6.07) is 7.83. The normalized spacial score (nSPS) is 15.6. The molecule has 0 spiro atoms. The number of carbonyl (C=O) groups excluding carboxylic acids is 2. The van der Waals surface area contributed by atoms with Crippen LogP contribution in [-0.4, -0.2) is 42.5 Å². The highest BCUT2D eigenvalue weighted by Gasteiger charge is 2.23. The molecule has 1 aromatic carbocycles. The number of benzene rings is 1. The van der Waals surface area contributed by atoms with Gasteiger partial charge >= 0.3 is 0 Å². The van der Waals surface area contributed by atoms with Gasteiger partial charge in [-0.2, -0.15) is 0 Å². The highest BCUT2D eigenvalue weighted by Crippen LogP contribution is 2.13. The molecule has 114 valence electrons. The predicted molar refractivity (Wildman–Crippen MR) is 80.1 cm³/mol. The molecular formula is C16H22N2O3. The van der Waals surface area contributed by atoms with Crippen LogP contribution in [0.15, 0.2) is 24.3 Å². The van der Waals surface area contributed by atoms with E-state index < -0.39 is 0 Å². The fourth-order valence-corrected chi connectivity index (χ4v) is 2.43. The van der Waals surface area contributed by atoms with Crippen molar-refractivity contribution in [2.24, 2.45) is 0 Å². The zero-order valence-electron chi connectivity index (χ0n) is 12.6. The summed E-state index contributed by atoms with van der Waals surface area (Å²) in [4.78, 5) is 24.9. The van der Waals surface area contributed by atoms with Crippen molar-refractivity contribution >= 4 is 11.8 Å². The standard InChI is InChI=1S/C16H22N2O3/c1-12-3-5-15(6-4-12)21-11-16(20)18-9-7-14(8-10-18)17-13(2)19/h3-6,14H,7-11H2,1-2H3,(H,17,19). The van der Waals surface area contributed by atoms with Crippen LogP contribution in [0.3, 0.4) is 0 Å². The SMILES string of the molecule is CC(=O)NC1CCN(C(=O)COc2ccc(C)cc2)CC1. The van der Waals surface area contributed by atoms with Gasteiger partial charge in [0, 0.05) is 26.1 Å². The van der Waals surface area contributed by atoms with E-state index >= 15 is 0 Å². The van der Waals surface area contributed by atoms with E-state index in [1.165, 1.54) is 6.92 Å². The molecule has 1 heterocycles. The smallest absolute Gasteiger partial charge is 0.260 e. The molecule has 1 fully saturated rings. The molecule has 21 heavy (non-hydrogen) atoms. The van der Waals surface area contributed by atoms with E-state index in [0.29, 0.717) is 18.8 Å². The van der Waals surface area contributed by atoms with Crippen LogP contribution in [0.1, 0.15) is 25.3 Å². The lowest BCUT2D eigenvalue weighted by Gasteiger charge is -2.32. The lowest BCUT2D eigenvalue weighted by Crippen LogP contribution is -2.47. The number of nitrogens with zero attached hydrogens (tertiary/aromatic N) is 1. The van der Waals surface area contributed by atoms with Crippen LogP contribution in [0.4, 0.5) is 0 Å². The highest BCUT2D eigenvalue weighted by atomic mass is 16.5. The second-order valence-corrected chi connectivity index (χ2v) is 5.46. The highest BCUT2D eigenvalue weighted by molar-refractivity contribution is 5.78. The summed E-state index contributed by atoms with van der Waals surface area (Å²) in [5, 5.41) is 2.90. The van der Waals surface area contributed by atoms with Gasteiger partial charge in [-0.05, 0) is 31.9 Å². The number of carbonyl (C=O) groups is 2. The number of aryl methyl sites for hydroxylation is 1. The number of hydrogen-bond acceptors (Lipinski definition) is 3. The molecule has 2 amide bonds. The average molecular weight is 290 g/mol. The topological polar surface area (TPSA) is 58.6 Å². The number of amides is 2. The Morgan fingerprint density at radius 2 is 1.86 bits per heavy atom. The Morgan fingerprint density at radius 3 is 2.43 bits per heavy atom. The van der Waals surface area contributed by atoms with Gasteiger partial charge in [-0.3, -0.25) is 9.59 Å². The zero-order valence-corrected chi connectivity index (χ0v) is 12.6. The summed E-state index contributed by atoms with van der Waals surface area (Å²) >= 11 is 0. The van der Waals surface area contributed by atoms with Gasteiger partial charge in [0.05, 0.1) is 0 Å². The summed E-state index contributed by atoms with van der Waals surface area (Å²) < 4.78 is 5.51. The number of rotatable bonds is 4. The Hall–Kier alpha value is -2.04. The van der Waals surface area contributed by atoms with Gasteiger partial charge < -0.3 is 15.0 Å². The number of hydrogen-bond donors (Lipinski definition) is 1. The molecule has 0 unspecified atom stereocenters. The molecule has 1 aromatic rings. The number of ether oxygens (including phenoxy) is 1. The molecular weight excluding hydrogens is 268 g/mol. The Labute approximate surface area is 125 Å². The Kier molecular flexibility index (Phi) is 5.20. The minimum absolute atomic E-state index is 0.00292. The van der Waals surface area contributed by atoms with Crippen LogP contribution < -0.4 is 10.1 Å². The van der Waals surface area contributed by atoms with Crippen molar-refractivity contribution in [2.45, 2.75) is 32.7 Å². The van der Waals surface area contributed by atoms with Crippen LogP contribution >= 0.6 is 0 Å². The van der Waals surface area contributed by atoms with Crippen LogP contribution in [0.2, 0.25) is 0 Å². The summed E-state index contributed by atoms with van der Waals surface area (Å²) in [5.41, 5.74) is 1.16. The maximum absolute atomic E-state index is 12.1. The second kappa shape index (κ2) is 7.11.